The molecular formula is C16H17F3N2O3. The molecule has 1 aromatic carbocycles. The average Bonchev–Trinajstić information content (AvgIpc) is 2.48. The summed E-state index contributed by atoms with van der Waals surface area (Å²) in [4.78, 5) is 7.84. The van der Waals surface area contributed by atoms with Gasteiger partial charge in [-0.05, 0) is 44.2 Å². The Kier molecular flexibility index (Phi) is 5.28. The summed E-state index contributed by atoms with van der Waals surface area (Å²) in [6.07, 6.45) is -2.41. The normalized spacial score (nSPS) is 13.4. The second kappa shape index (κ2) is 7.04. The Bertz CT molecular complexity index is 646. The van der Waals surface area contributed by atoms with Gasteiger partial charge in [-0.25, -0.2) is 9.97 Å². The van der Waals surface area contributed by atoms with E-state index in [1.807, 2.05) is 0 Å². The van der Waals surface area contributed by atoms with Crippen molar-refractivity contribution >= 4 is 0 Å². The van der Waals surface area contributed by atoms with Crippen LogP contribution >= 0.6 is 0 Å². The van der Waals surface area contributed by atoms with E-state index in [0.717, 1.165) is 12.1 Å². The molecule has 5 nitrogen and oxygen atoms in total. The molecule has 1 heterocycles. The van der Waals surface area contributed by atoms with Crippen molar-refractivity contribution in [3.05, 3.63) is 48.5 Å². The number of rotatable bonds is 6. The van der Waals surface area contributed by atoms with Crippen LogP contribution in [-0.4, -0.2) is 33.1 Å². The minimum absolute atomic E-state index is 0.255. The molecule has 0 saturated carbocycles. The number of aromatic nitrogens is 2. The van der Waals surface area contributed by atoms with E-state index in [9.17, 15) is 18.3 Å². The van der Waals surface area contributed by atoms with Crippen LogP contribution in [0.25, 0.3) is 0 Å². The summed E-state index contributed by atoms with van der Waals surface area (Å²) in [6.45, 7) is 3.36. The van der Waals surface area contributed by atoms with Crippen LogP contribution in [-0.2, 0) is 6.42 Å². The van der Waals surface area contributed by atoms with Gasteiger partial charge in [-0.2, -0.15) is 0 Å². The van der Waals surface area contributed by atoms with Crippen molar-refractivity contribution in [2.75, 3.05) is 0 Å². The van der Waals surface area contributed by atoms with Crippen molar-refractivity contribution in [2.45, 2.75) is 38.3 Å². The van der Waals surface area contributed by atoms with Crippen LogP contribution in [0.2, 0.25) is 0 Å². The fraction of sp³-hybridized carbons (Fsp3) is 0.375. The van der Waals surface area contributed by atoms with Gasteiger partial charge in [0.25, 0.3) is 0 Å². The molecule has 24 heavy (non-hydrogen) atoms. The third kappa shape index (κ3) is 5.38. The summed E-state index contributed by atoms with van der Waals surface area (Å²) in [5, 5.41) is 10.3. The minimum Gasteiger partial charge on any atom is -0.485 e. The first-order chi connectivity index (χ1) is 11.2. The van der Waals surface area contributed by atoms with Gasteiger partial charge in [-0.15, -0.1) is 13.2 Å². The average molecular weight is 342 g/mol. The van der Waals surface area contributed by atoms with Gasteiger partial charge in [-0.3, -0.25) is 0 Å². The number of hydrogen-bond donors (Lipinski definition) is 1. The van der Waals surface area contributed by atoms with Crippen LogP contribution in [0.15, 0.2) is 42.9 Å². The molecule has 0 radical (unpaired) electrons. The SMILES string of the molecule is CC(C)(Oc1ccc(OC(F)(F)F)cc1)C(O)Cc1ccncn1. The van der Waals surface area contributed by atoms with Crippen LogP contribution in [0.5, 0.6) is 11.5 Å². The van der Waals surface area contributed by atoms with Gasteiger partial charge in [-0.1, -0.05) is 0 Å². The third-order valence-corrected chi connectivity index (χ3v) is 3.29. The molecule has 130 valence electrons. The maximum Gasteiger partial charge on any atom is 0.573 e. The second-order valence-corrected chi connectivity index (χ2v) is 5.65. The molecule has 0 aliphatic rings. The molecule has 0 fully saturated rings. The molecule has 2 rings (SSSR count). The van der Waals surface area contributed by atoms with Crippen molar-refractivity contribution < 1.29 is 27.8 Å². The number of hydrogen-bond acceptors (Lipinski definition) is 5. The van der Waals surface area contributed by atoms with Gasteiger partial charge >= 0.3 is 6.36 Å². The number of nitrogens with zero attached hydrogens (tertiary/aromatic N) is 2. The van der Waals surface area contributed by atoms with Crippen LogP contribution in [0, 0.1) is 0 Å². The lowest BCUT2D eigenvalue weighted by molar-refractivity contribution is -0.274. The third-order valence-electron chi connectivity index (χ3n) is 3.29. The van der Waals surface area contributed by atoms with Gasteiger partial charge in [0.15, 0.2) is 0 Å². The smallest absolute Gasteiger partial charge is 0.485 e. The van der Waals surface area contributed by atoms with Crippen LogP contribution in [0.3, 0.4) is 0 Å². The molecule has 0 bridgehead atoms. The van der Waals surface area contributed by atoms with E-state index in [4.69, 9.17) is 4.74 Å². The molecular weight excluding hydrogens is 325 g/mol. The number of benzene rings is 1. The maximum atomic E-state index is 12.1. The van der Waals surface area contributed by atoms with Gasteiger partial charge in [0, 0.05) is 18.3 Å². The van der Waals surface area contributed by atoms with Crippen molar-refractivity contribution in [1.29, 1.82) is 0 Å². The predicted molar refractivity (Wildman–Crippen MR) is 79.6 cm³/mol. The lowest BCUT2D eigenvalue weighted by atomic mass is 9.97. The first-order valence-electron chi connectivity index (χ1n) is 7.13. The standard InChI is InChI=1S/C16H17F3N2O3/c1-15(2,14(22)9-11-7-8-20-10-21-11)23-12-3-5-13(6-4-12)24-16(17,18)19/h3-8,10,14,22H,9H2,1-2H3. The quantitative estimate of drug-likeness (QED) is 0.874. The maximum absolute atomic E-state index is 12.1. The number of ether oxygens (including phenoxy) is 2. The lowest BCUT2D eigenvalue weighted by Gasteiger charge is -2.31. The fourth-order valence-electron chi connectivity index (χ4n) is 1.96. The molecule has 0 spiro atoms. The highest BCUT2D eigenvalue weighted by Gasteiger charge is 2.32. The Balaban J connectivity index is 2.00. The van der Waals surface area contributed by atoms with E-state index in [-0.39, 0.29) is 12.2 Å². The number of alkyl halides is 3. The van der Waals surface area contributed by atoms with Crippen LogP contribution in [0.1, 0.15) is 19.5 Å². The Morgan fingerprint density at radius 1 is 1.04 bits per heavy atom. The zero-order valence-corrected chi connectivity index (χ0v) is 13.1. The number of aliphatic hydroxyl groups excluding tert-OH is 1. The molecule has 0 aliphatic carbocycles. The molecule has 2 aromatic rings. The Hall–Kier alpha value is -2.35. The summed E-state index contributed by atoms with van der Waals surface area (Å²) in [5.41, 5.74) is -0.319. The van der Waals surface area contributed by atoms with Gasteiger partial charge < -0.3 is 14.6 Å². The molecule has 0 saturated heterocycles. The summed E-state index contributed by atoms with van der Waals surface area (Å²) >= 11 is 0. The van der Waals surface area contributed by atoms with Crippen molar-refractivity contribution in [3.8, 4) is 11.5 Å². The first-order valence-corrected chi connectivity index (χ1v) is 7.13. The molecule has 0 aliphatic heterocycles. The van der Waals surface area contributed by atoms with E-state index in [0.29, 0.717) is 11.4 Å². The first kappa shape index (κ1) is 18.0. The zero-order chi connectivity index (χ0) is 17.8. The van der Waals surface area contributed by atoms with E-state index in [1.165, 1.54) is 18.5 Å². The van der Waals surface area contributed by atoms with E-state index in [1.54, 1.807) is 26.1 Å². The zero-order valence-electron chi connectivity index (χ0n) is 13.1. The summed E-state index contributed by atoms with van der Waals surface area (Å²) in [6, 6.07) is 6.68. The highest BCUT2D eigenvalue weighted by molar-refractivity contribution is 5.32. The van der Waals surface area contributed by atoms with E-state index >= 15 is 0 Å². The van der Waals surface area contributed by atoms with E-state index < -0.39 is 18.1 Å². The Morgan fingerprint density at radius 2 is 1.62 bits per heavy atom. The Morgan fingerprint density at radius 3 is 2.12 bits per heavy atom. The van der Waals surface area contributed by atoms with Gasteiger partial charge in [0.05, 0.1) is 6.10 Å². The van der Waals surface area contributed by atoms with E-state index in [2.05, 4.69) is 14.7 Å². The monoisotopic (exact) mass is 342 g/mol. The minimum atomic E-state index is -4.74. The van der Waals surface area contributed by atoms with Crippen molar-refractivity contribution in [3.63, 3.8) is 0 Å². The van der Waals surface area contributed by atoms with Crippen LogP contribution in [0.4, 0.5) is 13.2 Å². The summed E-state index contributed by atoms with van der Waals surface area (Å²) < 4.78 is 45.9. The number of aliphatic hydroxyl groups is 1. The molecule has 1 aromatic heterocycles. The molecule has 1 atom stereocenters. The highest BCUT2D eigenvalue weighted by atomic mass is 19.4. The fourth-order valence-corrected chi connectivity index (χ4v) is 1.96. The summed E-state index contributed by atoms with van der Waals surface area (Å²) in [5.74, 6) is -0.0227. The molecule has 1 unspecified atom stereocenters. The molecule has 8 heteroatoms. The van der Waals surface area contributed by atoms with Crippen LogP contribution < -0.4 is 9.47 Å². The number of halogens is 3. The molecule has 0 amide bonds. The highest BCUT2D eigenvalue weighted by Crippen LogP contribution is 2.27. The van der Waals surface area contributed by atoms with Gasteiger partial charge in [0.1, 0.15) is 23.4 Å². The Labute approximate surface area is 137 Å². The molecule has 1 N–H and O–H groups in total. The van der Waals surface area contributed by atoms with Crippen molar-refractivity contribution in [1.82, 2.24) is 9.97 Å². The topological polar surface area (TPSA) is 64.5 Å². The van der Waals surface area contributed by atoms with Gasteiger partial charge in [0.2, 0.25) is 0 Å². The largest absolute Gasteiger partial charge is 0.573 e. The lowest BCUT2D eigenvalue weighted by Crippen LogP contribution is -2.43. The predicted octanol–water partition coefficient (Wildman–Crippen LogP) is 3.14. The summed E-state index contributed by atoms with van der Waals surface area (Å²) in [7, 11) is 0. The second-order valence-electron chi connectivity index (χ2n) is 5.65. The van der Waals surface area contributed by atoms with Crippen molar-refractivity contribution in [2.24, 2.45) is 0 Å².